The Morgan fingerprint density at radius 3 is 2.52 bits per heavy atom. The lowest BCUT2D eigenvalue weighted by molar-refractivity contribution is 0.0955. The number of hydrazone groups is 1. The Bertz CT molecular complexity index is 1220. The Kier molecular flexibility index (Phi) is 5.84. The molecule has 0 aliphatic carbocycles. The van der Waals surface area contributed by atoms with Gasteiger partial charge in [-0.15, -0.1) is 10.2 Å². The Balaban J connectivity index is 1.35. The predicted molar refractivity (Wildman–Crippen MR) is 110 cm³/mol. The van der Waals surface area contributed by atoms with Gasteiger partial charge >= 0.3 is 0 Å². The zero-order chi connectivity index (χ0) is 21.6. The first-order valence-corrected chi connectivity index (χ1v) is 9.29. The smallest absolute Gasteiger partial charge is 0.267 e. The molecular weight excluding hydrogens is 402 g/mol. The van der Waals surface area contributed by atoms with Crippen molar-refractivity contribution in [2.24, 2.45) is 5.10 Å². The van der Waals surface area contributed by atoms with Crippen LogP contribution in [0.1, 0.15) is 21.5 Å². The maximum atomic E-state index is 13.2. The first-order chi connectivity index (χ1) is 15.1. The minimum Gasteiger partial charge on any atom is -0.267 e. The van der Waals surface area contributed by atoms with Gasteiger partial charge in [-0.3, -0.25) is 4.79 Å². The summed E-state index contributed by atoms with van der Waals surface area (Å²) < 4.78 is 26.1. The van der Waals surface area contributed by atoms with Crippen molar-refractivity contribution >= 4 is 12.1 Å². The summed E-state index contributed by atoms with van der Waals surface area (Å²) in [4.78, 5) is 13.7. The number of tetrazole rings is 1. The molecule has 154 valence electrons. The quantitative estimate of drug-likeness (QED) is 0.384. The van der Waals surface area contributed by atoms with Crippen molar-refractivity contribution in [2.45, 2.75) is 6.54 Å². The highest BCUT2D eigenvalue weighted by molar-refractivity contribution is 5.94. The largest absolute Gasteiger partial charge is 0.271 e. The van der Waals surface area contributed by atoms with Gasteiger partial charge in [-0.05, 0) is 40.6 Å². The van der Waals surface area contributed by atoms with E-state index in [-0.39, 0.29) is 0 Å². The lowest BCUT2D eigenvalue weighted by Crippen LogP contribution is -2.17. The van der Waals surface area contributed by atoms with Gasteiger partial charge in [0.15, 0.2) is 11.6 Å². The van der Waals surface area contributed by atoms with Crippen molar-refractivity contribution < 1.29 is 13.6 Å². The Hall–Kier alpha value is -4.27. The van der Waals surface area contributed by atoms with Crippen molar-refractivity contribution in [3.63, 3.8) is 0 Å². The van der Waals surface area contributed by atoms with Gasteiger partial charge in [0.2, 0.25) is 5.82 Å². The Labute approximate surface area is 176 Å². The van der Waals surface area contributed by atoms with Crippen molar-refractivity contribution in [1.82, 2.24) is 25.6 Å². The van der Waals surface area contributed by atoms with Crippen LogP contribution in [0.15, 0.2) is 77.9 Å². The molecule has 1 heterocycles. The first-order valence-electron chi connectivity index (χ1n) is 9.29. The van der Waals surface area contributed by atoms with Crippen molar-refractivity contribution in [3.8, 4) is 11.4 Å². The van der Waals surface area contributed by atoms with E-state index in [1.807, 2.05) is 30.3 Å². The van der Waals surface area contributed by atoms with E-state index in [1.165, 1.54) is 17.1 Å². The third kappa shape index (κ3) is 5.02. The highest BCUT2D eigenvalue weighted by atomic mass is 19.2. The van der Waals surface area contributed by atoms with Gasteiger partial charge in [0, 0.05) is 11.1 Å². The van der Waals surface area contributed by atoms with E-state index in [2.05, 4.69) is 25.9 Å². The molecule has 0 fully saturated rings. The molecule has 0 saturated carbocycles. The van der Waals surface area contributed by atoms with Crippen LogP contribution in [-0.2, 0) is 6.54 Å². The molecule has 31 heavy (non-hydrogen) atoms. The Morgan fingerprint density at radius 1 is 1.00 bits per heavy atom. The van der Waals surface area contributed by atoms with Crippen LogP contribution in [0.25, 0.3) is 11.4 Å². The van der Waals surface area contributed by atoms with Crippen LogP contribution in [0.2, 0.25) is 0 Å². The standard InChI is InChI=1S/C22H16F2N6O/c23-19-11-8-16(12-20(19)24)13-25-27-22(31)18-9-6-15(7-10-18)14-30-28-21(26-29-30)17-4-2-1-3-5-17/h1-13H,14H2,(H,27,31)/b25-13+. The molecule has 0 bridgehead atoms. The van der Waals surface area contributed by atoms with Gasteiger partial charge in [0.05, 0.1) is 12.8 Å². The second kappa shape index (κ2) is 9.04. The number of hydrogen-bond acceptors (Lipinski definition) is 5. The fourth-order valence-electron chi connectivity index (χ4n) is 2.76. The minimum atomic E-state index is -0.983. The van der Waals surface area contributed by atoms with Crippen molar-refractivity contribution in [2.75, 3.05) is 0 Å². The molecule has 1 aromatic heterocycles. The molecule has 1 N–H and O–H groups in total. The van der Waals surface area contributed by atoms with Crippen LogP contribution in [-0.4, -0.2) is 32.3 Å². The van der Waals surface area contributed by atoms with E-state index >= 15 is 0 Å². The molecule has 0 aliphatic rings. The average molecular weight is 418 g/mol. The summed E-state index contributed by atoms with van der Waals surface area (Å²) in [5.74, 6) is -1.83. The zero-order valence-electron chi connectivity index (χ0n) is 16.1. The number of hydrogen-bond donors (Lipinski definition) is 1. The summed E-state index contributed by atoms with van der Waals surface area (Å²) in [5.41, 5.74) is 4.83. The minimum absolute atomic E-state index is 0.324. The monoisotopic (exact) mass is 418 g/mol. The van der Waals surface area contributed by atoms with Gasteiger partial charge in [-0.1, -0.05) is 48.5 Å². The van der Waals surface area contributed by atoms with Crippen molar-refractivity contribution in [3.05, 3.63) is 101 Å². The van der Waals surface area contributed by atoms with E-state index in [0.717, 1.165) is 23.3 Å². The number of rotatable bonds is 6. The molecule has 1 amide bonds. The second-order valence-corrected chi connectivity index (χ2v) is 6.58. The fraction of sp³-hybridized carbons (Fsp3) is 0.0455. The number of benzene rings is 3. The molecule has 0 aliphatic heterocycles. The number of halogens is 2. The predicted octanol–water partition coefficient (Wildman–Crippen LogP) is 3.43. The summed E-state index contributed by atoms with van der Waals surface area (Å²) in [7, 11) is 0. The second-order valence-electron chi connectivity index (χ2n) is 6.58. The van der Waals surface area contributed by atoms with Crippen LogP contribution in [0.4, 0.5) is 8.78 Å². The number of aromatic nitrogens is 4. The fourth-order valence-corrected chi connectivity index (χ4v) is 2.76. The molecule has 0 unspecified atom stereocenters. The third-order valence-electron chi connectivity index (χ3n) is 4.35. The van der Waals surface area contributed by atoms with Crippen LogP contribution in [0.3, 0.4) is 0 Å². The maximum Gasteiger partial charge on any atom is 0.271 e. The van der Waals surface area contributed by atoms with Crippen LogP contribution >= 0.6 is 0 Å². The zero-order valence-corrected chi connectivity index (χ0v) is 16.1. The highest BCUT2D eigenvalue weighted by Crippen LogP contribution is 2.13. The molecule has 9 heteroatoms. The van der Waals surface area contributed by atoms with Crippen LogP contribution < -0.4 is 5.43 Å². The van der Waals surface area contributed by atoms with Gasteiger partial charge in [-0.2, -0.15) is 9.90 Å². The van der Waals surface area contributed by atoms with E-state index in [0.29, 0.717) is 23.5 Å². The number of nitrogens with zero attached hydrogens (tertiary/aromatic N) is 5. The van der Waals surface area contributed by atoms with E-state index in [1.54, 1.807) is 24.3 Å². The summed E-state index contributed by atoms with van der Waals surface area (Å²) in [5, 5.41) is 16.2. The Morgan fingerprint density at radius 2 is 1.77 bits per heavy atom. The van der Waals surface area contributed by atoms with Crippen LogP contribution in [0.5, 0.6) is 0 Å². The molecule has 0 saturated heterocycles. The highest BCUT2D eigenvalue weighted by Gasteiger charge is 2.08. The van der Waals surface area contributed by atoms with Crippen LogP contribution in [0, 0.1) is 11.6 Å². The molecule has 0 spiro atoms. The first kappa shape index (κ1) is 20.0. The van der Waals surface area contributed by atoms with E-state index < -0.39 is 17.5 Å². The number of nitrogens with one attached hydrogen (secondary N) is 1. The molecule has 7 nitrogen and oxygen atoms in total. The average Bonchev–Trinajstić information content (AvgIpc) is 3.26. The maximum absolute atomic E-state index is 13.2. The van der Waals surface area contributed by atoms with Gasteiger partial charge < -0.3 is 0 Å². The number of carbonyl (C=O) groups is 1. The summed E-state index contributed by atoms with van der Waals surface area (Å²) >= 11 is 0. The number of amides is 1. The molecular formula is C22H16F2N6O. The van der Waals surface area contributed by atoms with Gasteiger partial charge in [-0.25, -0.2) is 14.2 Å². The number of carbonyl (C=O) groups excluding carboxylic acids is 1. The lowest BCUT2D eigenvalue weighted by atomic mass is 10.1. The normalized spacial score (nSPS) is 11.0. The molecule has 0 radical (unpaired) electrons. The summed E-state index contributed by atoms with van der Waals surface area (Å²) in [6.07, 6.45) is 1.23. The molecule has 3 aromatic carbocycles. The SMILES string of the molecule is O=C(N/N=C/c1ccc(F)c(F)c1)c1ccc(Cn2nnc(-c3ccccc3)n2)cc1. The van der Waals surface area contributed by atoms with Gasteiger partial charge in [0.1, 0.15) is 0 Å². The summed E-state index contributed by atoms with van der Waals surface area (Å²) in [6.45, 7) is 0.399. The van der Waals surface area contributed by atoms with Gasteiger partial charge in [0.25, 0.3) is 5.91 Å². The van der Waals surface area contributed by atoms with E-state index in [4.69, 9.17) is 0 Å². The topological polar surface area (TPSA) is 85.1 Å². The summed E-state index contributed by atoms with van der Waals surface area (Å²) in [6, 6.07) is 19.7. The van der Waals surface area contributed by atoms with E-state index in [9.17, 15) is 13.6 Å². The third-order valence-corrected chi connectivity index (χ3v) is 4.35. The molecule has 4 rings (SSSR count). The molecule has 0 atom stereocenters. The lowest BCUT2D eigenvalue weighted by Gasteiger charge is -2.03. The molecule has 4 aromatic rings. The van der Waals surface area contributed by atoms with Crippen molar-refractivity contribution in [1.29, 1.82) is 0 Å².